The van der Waals surface area contributed by atoms with Gasteiger partial charge in [-0.2, -0.15) is 0 Å². The lowest BCUT2D eigenvalue weighted by Crippen LogP contribution is -2.38. The van der Waals surface area contributed by atoms with Crippen molar-refractivity contribution in [2.24, 2.45) is 0 Å². The zero-order valence-electron chi connectivity index (χ0n) is 11.0. The van der Waals surface area contributed by atoms with Gasteiger partial charge in [0.2, 0.25) is 0 Å². The van der Waals surface area contributed by atoms with E-state index in [-0.39, 0.29) is 5.91 Å². The molecule has 1 N–H and O–H groups in total. The van der Waals surface area contributed by atoms with Crippen LogP contribution in [0.3, 0.4) is 0 Å². The van der Waals surface area contributed by atoms with Gasteiger partial charge in [0, 0.05) is 7.11 Å². The molecule has 4 nitrogen and oxygen atoms in total. The molecule has 0 aromatic heterocycles. The maximum atomic E-state index is 12.0. The molecule has 94 valence electrons. The highest BCUT2D eigenvalue weighted by molar-refractivity contribution is 5.97. The van der Waals surface area contributed by atoms with Gasteiger partial charge in [0.25, 0.3) is 5.91 Å². The monoisotopic (exact) mass is 237 g/mol. The van der Waals surface area contributed by atoms with Crippen LogP contribution < -0.4 is 10.1 Å². The Balaban J connectivity index is 2.95. The highest BCUT2D eigenvalue weighted by Crippen LogP contribution is 2.26. The summed E-state index contributed by atoms with van der Waals surface area (Å²) in [6.07, 6.45) is 0. The fraction of sp³-hybridized carbons (Fsp3) is 0.462. The van der Waals surface area contributed by atoms with Crippen LogP contribution in [0, 0.1) is 6.92 Å². The van der Waals surface area contributed by atoms with Crippen molar-refractivity contribution in [1.29, 1.82) is 0 Å². The average molecular weight is 237 g/mol. The van der Waals surface area contributed by atoms with Crippen LogP contribution in [-0.2, 0) is 9.53 Å². The molecule has 1 aromatic carbocycles. The summed E-state index contributed by atoms with van der Waals surface area (Å²) >= 11 is 0. The second kappa shape index (κ2) is 5.19. The number of ether oxygens (including phenoxy) is 2. The molecular weight excluding hydrogens is 218 g/mol. The minimum Gasteiger partial charge on any atom is -0.495 e. The SMILES string of the molecule is COc1ccc(C)cc1NC(=O)C(C)(C)OC. The number of anilines is 1. The molecule has 1 aromatic rings. The van der Waals surface area contributed by atoms with Gasteiger partial charge in [-0.15, -0.1) is 0 Å². The standard InChI is InChI=1S/C13H19NO3/c1-9-6-7-11(16-4)10(8-9)14-12(15)13(2,3)17-5/h6-8H,1-5H3,(H,14,15). The molecule has 0 unspecified atom stereocenters. The highest BCUT2D eigenvalue weighted by atomic mass is 16.5. The molecule has 0 aliphatic rings. The van der Waals surface area contributed by atoms with E-state index in [9.17, 15) is 4.79 Å². The summed E-state index contributed by atoms with van der Waals surface area (Å²) in [6, 6.07) is 5.61. The minimum atomic E-state index is -0.866. The van der Waals surface area contributed by atoms with Crippen molar-refractivity contribution >= 4 is 11.6 Å². The lowest BCUT2D eigenvalue weighted by molar-refractivity contribution is -0.133. The van der Waals surface area contributed by atoms with Gasteiger partial charge >= 0.3 is 0 Å². The topological polar surface area (TPSA) is 47.6 Å². The van der Waals surface area contributed by atoms with Crippen LogP contribution in [0.15, 0.2) is 18.2 Å². The lowest BCUT2D eigenvalue weighted by Gasteiger charge is -2.22. The molecule has 17 heavy (non-hydrogen) atoms. The van der Waals surface area contributed by atoms with E-state index in [1.165, 1.54) is 7.11 Å². The lowest BCUT2D eigenvalue weighted by atomic mass is 10.1. The first kappa shape index (κ1) is 13.5. The van der Waals surface area contributed by atoms with Crippen LogP contribution in [0.2, 0.25) is 0 Å². The van der Waals surface area contributed by atoms with Crippen LogP contribution in [0.5, 0.6) is 5.75 Å². The quantitative estimate of drug-likeness (QED) is 0.874. The Morgan fingerprint density at radius 2 is 1.94 bits per heavy atom. The summed E-state index contributed by atoms with van der Waals surface area (Å²) in [5.41, 5.74) is 0.841. The molecule has 0 saturated heterocycles. The van der Waals surface area contributed by atoms with Gasteiger partial charge in [0.1, 0.15) is 11.4 Å². The number of amides is 1. The normalized spacial score (nSPS) is 11.1. The van der Waals surface area contributed by atoms with Crippen molar-refractivity contribution in [3.8, 4) is 5.75 Å². The van der Waals surface area contributed by atoms with E-state index >= 15 is 0 Å². The second-order valence-electron chi connectivity index (χ2n) is 4.37. The van der Waals surface area contributed by atoms with E-state index in [0.29, 0.717) is 11.4 Å². The number of aryl methyl sites for hydroxylation is 1. The van der Waals surface area contributed by atoms with Crippen LogP contribution >= 0.6 is 0 Å². The van der Waals surface area contributed by atoms with Crippen LogP contribution in [0.25, 0.3) is 0 Å². The molecule has 0 radical (unpaired) electrons. The van der Waals surface area contributed by atoms with Gasteiger partial charge in [0.15, 0.2) is 0 Å². The molecule has 0 bridgehead atoms. The molecule has 0 aliphatic heterocycles. The number of hydrogen-bond donors (Lipinski definition) is 1. The molecule has 0 aliphatic carbocycles. The summed E-state index contributed by atoms with van der Waals surface area (Å²) in [5.74, 6) is 0.430. The van der Waals surface area contributed by atoms with Gasteiger partial charge in [-0.25, -0.2) is 0 Å². The van der Waals surface area contributed by atoms with Gasteiger partial charge < -0.3 is 14.8 Å². The van der Waals surface area contributed by atoms with Crippen LogP contribution in [-0.4, -0.2) is 25.7 Å². The van der Waals surface area contributed by atoms with E-state index in [0.717, 1.165) is 5.56 Å². The predicted molar refractivity (Wildman–Crippen MR) is 67.4 cm³/mol. The number of rotatable bonds is 4. The van der Waals surface area contributed by atoms with Crippen molar-refractivity contribution in [3.05, 3.63) is 23.8 Å². The third-order valence-electron chi connectivity index (χ3n) is 2.66. The Bertz CT molecular complexity index is 413. The molecule has 0 fully saturated rings. The van der Waals surface area contributed by atoms with E-state index in [1.807, 2.05) is 25.1 Å². The largest absolute Gasteiger partial charge is 0.495 e. The Labute approximate surface area is 102 Å². The van der Waals surface area contributed by atoms with Crippen LogP contribution in [0.4, 0.5) is 5.69 Å². The van der Waals surface area contributed by atoms with Gasteiger partial charge in [-0.05, 0) is 38.5 Å². The minimum absolute atomic E-state index is 0.205. The van der Waals surface area contributed by atoms with Crippen molar-refractivity contribution in [2.75, 3.05) is 19.5 Å². The number of nitrogens with one attached hydrogen (secondary N) is 1. The first-order chi connectivity index (χ1) is 7.90. The number of carbonyl (C=O) groups excluding carboxylic acids is 1. The smallest absolute Gasteiger partial charge is 0.256 e. The van der Waals surface area contributed by atoms with Gasteiger partial charge in [-0.3, -0.25) is 4.79 Å². The number of benzene rings is 1. The summed E-state index contributed by atoms with van der Waals surface area (Å²) in [7, 11) is 3.08. The molecule has 4 heteroatoms. The number of carbonyl (C=O) groups is 1. The molecule has 0 atom stereocenters. The Hall–Kier alpha value is -1.55. The Morgan fingerprint density at radius 3 is 2.47 bits per heavy atom. The van der Waals surface area contributed by atoms with Crippen molar-refractivity contribution in [2.45, 2.75) is 26.4 Å². The molecular formula is C13H19NO3. The second-order valence-corrected chi connectivity index (χ2v) is 4.37. The highest BCUT2D eigenvalue weighted by Gasteiger charge is 2.27. The van der Waals surface area contributed by atoms with Gasteiger partial charge in [0.05, 0.1) is 12.8 Å². The Morgan fingerprint density at radius 1 is 1.29 bits per heavy atom. The first-order valence-electron chi connectivity index (χ1n) is 5.42. The first-order valence-corrected chi connectivity index (χ1v) is 5.42. The molecule has 0 saturated carbocycles. The maximum absolute atomic E-state index is 12.0. The van der Waals surface area contributed by atoms with Crippen molar-refractivity contribution in [3.63, 3.8) is 0 Å². The zero-order valence-corrected chi connectivity index (χ0v) is 11.0. The van der Waals surface area contributed by atoms with Gasteiger partial charge in [-0.1, -0.05) is 6.07 Å². The van der Waals surface area contributed by atoms with Crippen LogP contribution in [0.1, 0.15) is 19.4 Å². The average Bonchev–Trinajstić information content (AvgIpc) is 2.29. The van der Waals surface area contributed by atoms with E-state index in [4.69, 9.17) is 9.47 Å². The summed E-state index contributed by atoms with van der Waals surface area (Å²) < 4.78 is 10.3. The fourth-order valence-corrected chi connectivity index (χ4v) is 1.29. The summed E-state index contributed by atoms with van der Waals surface area (Å²) in [5, 5.41) is 2.80. The van der Waals surface area contributed by atoms with E-state index in [1.54, 1.807) is 21.0 Å². The Kier molecular flexibility index (Phi) is 4.12. The maximum Gasteiger partial charge on any atom is 0.256 e. The van der Waals surface area contributed by atoms with Crippen molar-refractivity contribution < 1.29 is 14.3 Å². The zero-order chi connectivity index (χ0) is 13.1. The number of methoxy groups -OCH3 is 2. The fourth-order valence-electron chi connectivity index (χ4n) is 1.29. The third kappa shape index (κ3) is 3.20. The molecule has 0 heterocycles. The summed E-state index contributed by atoms with van der Waals surface area (Å²) in [6.45, 7) is 5.38. The molecule has 0 spiro atoms. The third-order valence-corrected chi connectivity index (χ3v) is 2.66. The predicted octanol–water partition coefficient (Wildman–Crippen LogP) is 2.37. The molecule has 1 rings (SSSR count). The summed E-state index contributed by atoms with van der Waals surface area (Å²) in [4.78, 5) is 12.0. The van der Waals surface area contributed by atoms with E-state index < -0.39 is 5.60 Å². The number of hydrogen-bond acceptors (Lipinski definition) is 3. The molecule has 1 amide bonds. The van der Waals surface area contributed by atoms with E-state index in [2.05, 4.69) is 5.32 Å². The van der Waals surface area contributed by atoms with Crippen molar-refractivity contribution in [1.82, 2.24) is 0 Å².